The second-order valence-corrected chi connectivity index (χ2v) is 4.77. The number of likely N-dealkylation sites (tertiary alicyclic amines) is 1. The summed E-state index contributed by atoms with van der Waals surface area (Å²) in [5.74, 6) is -0.162. The molecule has 2 rings (SSSR count). The average Bonchev–Trinajstić information content (AvgIpc) is 2.89. The zero-order valence-electron chi connectivity index (χ0n) is 11.9. The molecule has 118 valence electrons. The number of Topliss-reactive ketones (excluding diaryl/α,β-unsaturated/α-hetero) is 1. The summed E-state index contributed by atoms with van der Waals surface area (Å²) in [5, 5.41) is 0. The summed E-state index contributed by atoms with van der Waals surface area (Å²) in [7, 11) is 0. The molecule has 0 aliphatic carbocycles. The van der Waals surface area contributed by atoms with Gasteiger partial charge in [-0.2, -0.15) is 13.2 Å². The van der Waals surface area contributed by atoms with Gasteiger partial charge in [0.1, 0.15) is 0 Å². The Labute approximate surface area is 121 Å². The van der Waals surface area contributed by atoms with Gasteiger partial charge in [0.2, 0.25) is 0 Å². The van der Waals surface area contributed by atoms with Gasteiger partial charge in [-0.15, -0.1) is 0 Å². The number of ketones is 1. The van der Waals surface area contributed by atoms with Crippen LogP contribution in [0.3, 0.4) is 0 Å². The van der Waals surface area contributed by atoms with E-state index in [1.807, 2.05) is 0 Å². The highest BCUT2D eigenvalue weighted by molar-refractivity contribution is 5.93. The second kappa shape index (κ2) is 8.61. The third-order valence-corrected chi connectivity index (χ3v) is 3.26. The van der Waals surface area contributed by atoms with Crippen LogP contribution in [0.15, 0.2) is 23.1 Å². The van der Waals surface area contributed by atoms with Crippen LogP contribution in [-0.2, 0) is 6.54 Å². The second-order valence-electron chi connectivity index (χ2n) is 4.77. The molecule has 1 aromatic rings. The summed E-state index contributed by atoms with van der Waals surface area (Å²) in [6.45, 7) is 1.57. The Morgan fingerprint density at radius 1 is 1.24 bits per heavy atom. The van der Waals surface area contributed by atoms with Crippen LogP contribution in [-0.4, -0.2) is 41.6 Å². The van der Waals surface area contributed by atoms with E-state index >= 15 is 0 Å². The fourth-order valence-corrected chi connectivity index (χ4v) is 2.24. The van der Waals surface area contributed by atoms with Gasteiger partial charge in [-0.25, -0.2) is 0 Å². The molecule has 2 heterocycles. The number of halogens is 3. The van der Waals surface area contributed by atoms with Gasteiger partial charge in [0, 0.05) is 19.3 Å². The molecule has 1 fully saturated rings. The molecule has 0 bridgehead atoms. The minimum absolute atomic E-state index is 0.162. The van der Waals surface area contributed by atoms with Crippen molar-refractivity contribution >= 4 is 5.78 Å². The highest BCUT2D eigenvalue weighted by Crippen LogP contribution is 2.06. The molecule has 0 N–H and O–H groups in total. The van der Waals surface area contributed by atoms with Gasteiger partial charge >= 0.3 is 6.68 Å². The third kappa shape index (κ3) is 6.12. The molecule has 1 saturated heterocycles. The molecule has 7 heteroatoms. The van der Waals surface area contributed by atoms with E-state index < -0.39 is 6.68 Å². The molecule has 0 spiro atoms. The molecule has 0 unspecified atom stereocenters. The molecule has 1 aliphatic rings. The minimum Gasteiger partial charge on any atom is -0.314 e. The molecular weight excluding hydrogens is 285 g/mol. The predicted octanol–water partition coefficient (Wildman–Crippen LogP) is 2.33. The monoisotopic (exact) mass is 304 g/mol. The lowest BCUT2D eigenvalue weighted by atomic mass is 10.2. The lowest BCUT2D eigenvalue weighted by Crippen LogP contribution is -2.31. The van der Waals surface area contributed by atoms with Crippen LogP contribution in [0, 0.1) is 0 Å². The molecule has 0 aromatic carbocycles. The van der Waals surface area contributed by atoms with Crippen molar-refractivity contribution in [3.63, 3.8) is 0 Å². The van der Waals surface area contributed by atoms with Gasteiger partial charge in [-0.1, -0.05) is 0 Å². The summed E-state index contributed by atoms with van der Waals surface area (Å²) < 4.78 is 30.6. The van der Waals surface area contributed by atoms with Crippen molar-refractivity contribution in [3.05, 3.63) is 34.2 Å². The van der Waals surface area contributed by atoms with Crippen molar-refractivity contribution in [1.29, 1.82) is 0 Å². The van der Waals surface area contributed by atoms with E-state index in [0.717, 1.165) is 19.6 Å². The normalized spacial score (nSPS) is 14.9. The highest BCUT2D eigenvalue weighted by Gasteiger charge is 2.12. The van der Waals surface area contributed by atoms with E-state index in [2.05, 4.69) is 4.90 Å². The van der Waals surface area contributed by atoms with E-state index in [1.165, 1.54) is 19.8 Å². The number of alkyl halides is 3. The Morgan fingerprint density at radius 2 is 1.81 bits per heavy atom. The van der Waals surface area contributed by atoms with Crippen molar-refractivity contribution < 1.29 is 18.0 Å². The van der Waals surface area contributed by atoms with Crippen LogP contribution in [0.5, 0.6) is 0 Å². The van der Waals surface area contributed by atoms with Crippen LogP contribution in [0.25, 0.3) is 0 Å². The van der Waals surface area contributed by atoms with Gasteiger partial charge in [0.25, 0.3) is 5.56 Å². The van der Waals surface area contributed by atoms with Gasteiger partial charge in [-0.3, -0.25) is 9.59 Å². The number of pyridine rings is 1. The molecular formula is C14H19F3N2O2. The first kappa shape index (κ1) is 17.4. The van der Waals surface area contributed by atoms with Crippen LogP contribution in [0.2, 0.25) is 0 Å². The number of hydrogen-bond donors (Lipinski definition) is 0. The summed E-state index contributed by atoms with van der Waals surface area (Å²) in [6, 6.07) is 3.36. The van der Waals surface area contributed by atoms with Crippen LogP contribution < -0.4 is 5.56 Å². The Morgan fingerprint density at radius 3 is 2.33 bits per heavy atom. The first-order valence-corrected chi connectivity index (χ1v) is 6.76. The van der Waals surface area contributed by atoms with Crippen molar-refractivity contribution in [3.8, 4) is 0 Å². The van der Waals surface area contributed by atoms with Crippen LogP contribution >= 0.6 is 0 Å². The maximum atomic E-state index is 11.9. The van der Waals surface area contributed by atoms with Gasteiger partial charge < -0.3 is 9.47 Å². The smallest absolute Gasteiger partial charge is 0.314 e. The Balaban J connectivity index is 0.000000491. The van der Waals surface area contributed by atoms with E-state index in [4.69, 9.17) is 0 Å². The molecule has 1 aromatic heterocycles. The molecule has 1 aliphatic heterocycles. The number of carbonyl (C=O) groups is 1. The molecule has 0 atom stereocenters. The van der Waals surface area contributed by atoms with Crippen molar-refractivity contribution in [2.75, 3.05) is 19.6 Å². The highest BCUT2D eigenvalue weighted by atomic mass is 19.4. The lowest BCUT2D eigenvalue weighted by Gasteiger charge is -2.15. The maximum Gasteiger partial charge on any atom is 0.379 e. The number of hydrogen-bond acceptors (Lipinski definition) is 3. The maximum absolute atomic E-state index is 11.9. The van der Waals surface area contributed by atoms with E-state index in [-0.39, 0.29) is 16.9 Å². The van der Waals surface area contributed by atoms with Gasteiger partial charge in [0.15, 0.2) is 5.78 Å². The Bertz CT molecular complexity index is 508. The van der Waals surface area contributed by atoms with Crippen LogP contribution in [0.4, 0.5) is 13.2 Å². The summed E-state index contributed by atoms with van der Waals surface area (Å²) in [5.41, 5.74) is 0.119. The molecule has 4 nitrogen and oxygen atoms in total. The Kier molecular flexibility index (Phi) is 7.14. The summed E-state index contributed by atoms with van der Waals surface area (Å²) >= 11 is 0. The molecule has 0 radical (unpaired) electrons. The van der Waals surface area contributed by atoms with Crippen molar-refractivity contribution in [2.45, 2.75) is 33.0 Å². The van der Waals surface area contributed by atoms with Crippen LogP contribution in [0.1, 0.15) is 30.1 Å². The zero-order valence-corrected chi connectivity index (χ0v) is 11.9. The van der Waals surface area contributed by atoms with Crippen molar-refractivity contribution in [1.82, 2.24) is 9.47 Å². The van der Waals surface area contributed by atoms with E-state index in [0.29, 0.717) is 6.54 Å². The average molecular weight is 304 g/mol. The molecule has 21 heavy (non-hydrogen) atoms. The van der Waals surface area contributed by atoms with E-state index in [9.17, 15) is 22.8 Å². The fraction of sp³-hybridized carbons (Fsp3) is 0.571. The predicted molar refractivity (Wildman–Crippen MR) is 73.5 cm³/mol. The first-order valence-electron chi connectivity index (χ1n) is 6.76. The Hall–Kier alpha value is -1.63. The minimum atomic E-state index is -3.67. The topological polar surface area (TPSA) is 42.3 Å². The molecule has 0 saturated carbocycles. The van der Waals surface area contributed by atoms with E-state index in [1.54, 1.807) is 22.9 Å². The summed E-state index contributed by atoms with van der Waals surface area (Å²) in [4.78, 5) is 25.5. The lowest BCUT2D eigenvalue weighted by molar-refractivity contribution is 0.00818. The zero-order chi connectivity index (χ0) is 15.8. The molecule has 0 amide bonds. The number of nitrogens with zero attached hydrogens (tertiary/aromatic N) is 2. The number of rotatable bonds is 4. The van der Waals surface area contributed by atoms with Gasteiger partial charge in [0.05, 0.1) is 5.56 Å². The third-order valence-electron chi connectivity index (χ3n) is 3.26. The van der Waals surface area contributed by atoms with Gasteiger partial charge in [-0.05, 0) is 45.0 Å². The largest absolute Gasteiger partial charge is 0.379 e. The summed E-state index contributed by atoms with van der Waals surface area (Å²) in [6.07, 6.45) is 4.26. The standard InChI is InChI=1S/C13H18N2O2.CHF3/c1-11(16)12-5-4-8-15(13(12)17)10-9-14-6-2-3-7-14;2-1(3)4/h4-5,8H,2-3,6-7,9-10H2,1H3;1H. The fourth-order valence-electron chi connectivity index (χ4n) is 2.24. The number of aromatic nitrogens is 1. The number of carbonyl (C=O) groups excluding carboxylic acids is 1. The first-order chi connectivity index (χ1) is 9.91. The SMILES string of the molecule is CC(=O)c1cccn(CCN2CCCC2)c1=O.FC(F)F. The quantitative estimate of drug-likeness (QED) is 0.802. The van der Waals surface area contributed by atoms with Crippen molar-refractivity contribution in [2.24, 2.45) is 0 Å².